The number of nitrogens with zero attached hydrogens (tertiary/aromatic N) is 1. The van der Waals surface area contributed by atoms with Crippen molar-refractivity contribution in [3.05, 3.63) is 39.9 Å². The molecule has 1 aliphatic heterocycles. The lowest BCUT2D eigenvalue weighted by Gasteiger charge is -2.28. The maximum Gasteiger partial charge on any atom is 0.326 e. The molecule has 2 unspecified atom stereocenters. The standard InChI is InChI=1S/C15H18N2O6/c18-13(8-10-3-1-5-12(7-10)17(21)22)16-14(15(19)20)11-4-2-6-23-9-11/h1,3,5,7,11,14H,2,4,6,8-9H2,(H,16,18)(H,19,20). The summed E-state index contributed by atoms with van der Waals surface area (Å²) in [5, 5.41) is 22.5. The average Bonchev–Trinajstić information content (AvgIpc) is 2.53. The normalized spacial score (nSPS) is 18.9. The third-order valence-corrected chi connectivity index (χ3v) is 3.74. The van der Waals surface area contributed by atoms with E-state index in [9.17, 15) is 24.8 Å². The van der Waals surface area contributed by atoms with Crippen LogP contribution in [0.2, 0.25) is 0 Å². The number of ether oxygens (including phenoxy) is 1. The minimum Gasteiger partial charge on any atom is -0.480 e. The summed E-state index contributed by atoms with van der Waals surface area (Å²) in [6, 6.07) is 4.71. The van der Waals surface area contributed by atoms with Gasteiger partial charge in [-0.3, -0.25) is 14.9 Å². The lowest BCUT2D eigenvalue weighted by Crippen LogP contribution is -2.48. The molecule has 1 saturated heterocycles. The molecule has 8 heteroatoms. The SMILES string of the molecule is O=C(Cc1cccc([N+](=O)[O-])c1)NC(C(=O)O)C1CCCOC1. The van der Waals surface area contributed by atoms with Crippen LogP contribution in [0, 0.1) is 16.0 Å². The molecule has 0 aliphatic carbocycles. The van der Waals surface area contributed by atoms with E-state index in [4.69, 9.17) is 4.74 Å². The fourth-order valence-corrected chi connectivity index (χ4v) is 2.60. The number of carboxylic acids is 1. The summed E-state index contributed by atoms with van der Waals surface area (Å²) < 4.78 is 5.27. The van der Waals surface area contributed by atoms with Crippen LogP contribution in [0.5, 0.6) is 0 Å². The van der Waals surface area contributed by atoms with Gasteiger partial charge in [0.1, 0.15) is 6.04 Å². The van der Waals surface area contributed by atoms with Gasteiger partial charge in [-0.2, -0.15) is 0 Å². The largest absolute Gasteiger partial charge is 0.480 e. The number of carboxylic acid groups (broad SMARTS) is 1. The van der Waals surface area contributed by atoms with Crippen molar-refractivity contribution in [3.63, 3.8) is 0 Å². The first-order chi connectivity index (χ1) is 11.0. The Hall–Kier alpha value is -2.48. The van der Waals surface area contributed by atoms with Gasteiger partial charge >= 0.3 is 5.97 Å². The van der Waals surface area contributed by atoms with Crippen molar-refractivity contribution >= 4 is 17.6 Å². The van der Waals surface area contributed by atoms with Gasteiger partial charge in [0.2, 0.25) is 5.91 Å². The summed E-state index contributed by atoms with van der Waals surface area (Å²) in [4.78, 5) is 33.6. The van der Waals surface area contributed by atoms with Crippen molar-refractivity contribution in [2.75, 3.05) is 13.2 Å². The van der Waals surface area contributed by atoms with E-state index in [-0.39, 0.29) is 18.0 Å². The fraction of sp³-hybridized carbons (Fsp3) is 0.467. The molecule has 1 aromatic rings. The highest BCUT2D eigenvalue weighted by Crippen LogP contribution is 2.18. The summed E-state index contributed by atoms with van der Waals surface area (Å²) in [6.45, 7) is 0.901. The second-order valence-electron chi connectivity index (χ2n) is 5.46. The highest BCUT2D eigenvalue weighted by molar-refractivity contribution is 5.85. The minimum absolute atomic E-state index is 0.106. The first kappa shape index (κ1) is 16.9. The molecule has 124 valence electrons. The Balaban J connectivity index is 2.00. The predicted molar refractivity (Wildman–Crippen MR) is 79.9 cm³/mol. The molecule has 0 bridgehead atoms. The van der Waals surface area contributed by atoms with E-state index in [1.807, 2.05) is 0 Å². The monoisotopic (exact) mass is 322 g/mol. The number of aliphatic carboxylic acids is 1. The Morgan fingerprint density at radius 1 is 1.48 bits per heavy atom. The number of hydrogen-bond donors (Lipinski definition) is 2. The van der Waals surface area contributed by atoms with Crippen molar-refractivity contribution in [3.8, 4) is 0 Å². The summed E-state index contributed by atoms with van der Waals surface area (Å²) in [6.07, 6.45) is 1.32. The van der Waals surface area contributed by atoms with Crippen LogP contribution in [-0.2, 0) is 20.7 Å². The number of hydrogen-bond acceptors (Lipinski definition) is 5. The van der Waals surface area contributed by atoms with E-state index in [1.165, 1.54) is 18.2 Å². The molecular weight excluding hydrogens is 304 g/mol. The van der Waals surface area contributed by atoms with Crippen LogP contribution in [0.1, 0.15) is 18.4 Å². The minimum atomic E-state index is -1.10. The van der Waals surface area contributed by atoms with Gasteiger partial charge in [-0.1, -0.05) is 12.1 Å². The van der Waals surface area contributed by atoms with Gasteiger partial charge in [0.15, 0.2) is 0 Å². The Labute approximate surface area is 132 Å². The number of benzene rings is 1. The molecule has 23 heavy (non-hydrogen) atoms. The molecule has 1 aliphatic rings. The predicted octanol–water partition coefficient (Wildman–Crippen LogP) is 1.13. The maximum atomic E-state index is 12.1. The molecule has 0 radical (unpaired) electrons. The van der Waals surface area contributed by atoms with Crippen LogP contribution in [0.4, 0.5) is 5.69 Å². The van der Waals surface area contributed by atoms with Crippen molar-refractivity contribution in [1.82, 2.24) is 5.32 Å². The van der Waals surface area contributed by atoms with E-state index < -0.39 is 22.8 Å². The zero-order valence-corrected chi connectivity index (χ0v) is 12.4. The van der Waals surface area contributed by atoms with Gasteiger partial charge in [-0.05, 0) is 18.4 Å². The topological polar surface area (TPSA) is 119 Å². The zero-order chi connectivity index (χ0) is 16.8. The molecule has 0 saturated carbocycles. The number of carbonyl (C=O) groups excluding carboxylic acids is 1. The lowest BCUT2D eigenvalue weighted by atomic mass is 9.93. The number of nitro groups is 1. The molecule has 1 heterocycles. The Morgan fingerprint density at radius 2 is 2.26 bits per heavy atom. The summed E-state index contributed by atoms with van der Waals surface area (Å²) in [5.41, 5.74) is 0.353. The van der Waals surface area contributed by atoms with E-state index in [2.05, 4.69) is 5.32 Å². The van der Waals surface area contributed by atoms with Gasteiger partial charge in [0, 0.05) is 24.7 Å². The smallest absolute Gasteiger partial charge is 0.326 e. The van der Waals surface area contributed by atoms with E-state index in [0.29, 0.717) is 25.2 Å². The third-order valence-electron chi connectivity index (χ3n) is 3.74. The van der Waals surface area contributed by atoms with Crippen molar-refractivity contribution < 1.29 is 24.4 Å². The van der Waals surface area contributed by atoms with E-state index in [0.717, 1.165) is 6.42 Å². The number of nitrogens with one attached hydrogen (secondary N) is 1. The summed E-state index contributed by atoms with van der Waals surface area (Å²) >= 11 is 0. The maximum absolute atomic E-state index is 12.1. The third kappa shape index (κ3) is 4.75. The number of rotatable bonds is 6. The van der Waals surface area contributed by atoms with Crippen LogP contribution >= 0.6 is 0 Å². The Morgan fingerprint density at radius 3 is 2.87 bits per heavy atom. The molecule has 0 aromatic heterocycles. The number of nitro benzene ring substituents is 1. The van der Waals surface area contributed by atoms with Crippen molar-refractivity contribution in [2.24, 2.45) is 5.92 Å². The first-order valence-electron chi connectivity index (χ1n) is 7.30. The van der Waals surface area contributed by atoms with Crippen LogP contribution in [0.15, 0.2) is 24.3 Å². The Bertz CT molecular complexity index is 597. The van der Waals surface area contributed by atoms with E-state index in [1.54, 1.807) is 6.07 Å². The highest BCUT2D eigenvalue weighted by Gasteiger charge is 2.31. The van der Waals surface area contributed by atoms with Crippen LogP contribution < -0.4 is 5.32 Å². The second kappa shape index (κ2) is 7.68. The van der Waals surface area contributed by atoms with Gasteiger partial charge in [-0.15, -0.1) is 0 Å². The molecule has 2 atom stereocenters. The molecule has 1 aromatic carbocycles. The quantitative estimate of drug-likeness (QED) is 0.598. The molecule has 2 rings (SSSR count). The molecule has 1 fully saturated rings. The van der Waals surface area contributed by atoms with Crippen molar-refractivity contribution in [2.45, 2.75) is 25.3 Å². The Kier molecular flexibility index (Phi) is 5.64. The lowest BCUT2D eigenvalue weighted by molar-refractivity contribution is -0.384. The zero-order valence-electron chi connectivity index (χ0n) is 12.4. The second-order valence-corrected chi connectivity index (χ2v) is 5.46. The average molecular weight is 322 g/mol. The van der Waals surface area contributed by atoms with Crippen molar-refractivity contribution in [1.29, 1.82) is 0 Å². The number of non-ortho nitro benzene ring substituents is 1. The van der Waals surface area contributed by atoms with Crippen LogP contribution in [-0.4, -0.2) is 41.2 Å². The van der Waals surface area contributed by atoms with Crippen LogP contribution in [0.3, 0.4) is 0 Å². The fourth-order valence-electron chi connectivity index (χ4n) is 2.60. The van der Waals surface area contributed by atoms with E-state index >= 15 is 0 Å². The van der Waals surface area contributed by atoms with Gasteiger partial charge < -0.3 is 15.2 Å². The molecule has 2 N–H and O–H groups in total. The summed E-state index contributed by atoms with van der Waals surface area (Å²) in [5.74, 6) is -1.85. The molecule has 1 amide bonds. The number of carbonyl (C=O) groups is 2. The van der Waals surface area contributed by atoms with Gasteiger partial charge in [0.25, 0.3) is 5.69 Å². The molecular formula is C15H18N2O6. The molecule has 0 spiro atoms. The van der Waals surface area contributed by atoms with Crippen LogP contribution in [0.25, 0.3) is 0 Å². The van der Waals surface area contributed by atoms with Gasteiger partial charge in [0.05, 0.1) is 18.0 Å². The first-order valence-corrected chi connectivity index (χ1v) is 7.30. The summed E-state index contributed by atoms with van der Waals surface area (Å²) in [7, 11) is 0. The van der Waals surface area contributed by atoms with Gasteiger partial charge in [-0.25, -0.2) is 4.79 Å². The molecule has 8 nitrogen and oxygen atoms in total. The highest BCUT2D eigenvalue weighted by atomic mass is 16.6. The number of amides is 1.